The zero-order valence-corrected chi connectivity index (χ0v) is 13.8. The first-order chi connectivity index (χ1) is 9.46. The number of nitrogens with zero attached hydrogens (tertiary/aromatic N) is 3. The van der Waals surface area contributed by atoms with Crippen molar-refractivity contribution in [1.82, 2.24) is 14.8 Å². The molecule has 2 rings (SSSR count). The van der Waals surface area contributed by atoms with Crippen molar-refractivity contribution in [3.05, 3.63) is 30.6 Å². The molecule has 0 aliphatic rings. The molecule has 0 bridgehead atoms. The molecule has 0 saturated carbocycles. The van der Waals surface area contributed by atoms with E-state index in [2.05, 4.69) is 61.8 Å². The summed E-state index contributed by atoms with van der Waals surface area (Å²) in [6, 6.07) is 9.47. The van der Waals surface area contributed by atoms with E-state index in [0.717, 1.165) is 18.0 Å². The van der Waals surface area contributed by atoms with Crippen LogP contribution in [0.25, 0.3) is 11.4 Å². The molecule has 0 spiro atoms. The van der Waals surface area contributed by atoms with E-state index in [1.54, 1.807) is 6.33 Å². The molecule has 6 heteroatoms. The molecule has 0 radical (unpaired) electrons. The van der Waals surface area contributed by atoms with E-state index in [0.29, 0.717) is 6.73 Å². The number of rotatable bonds is 6. The summed E-state index contributed by atoms with van der Waals surface area (Å²) >= 11 is 0. The van der Waals surface area contributed by atoms with Crippen LogP contribution in [0, 0.1) is 0 Å². The molecule has 2 aromatic rings. The van der Waals surface area contributed by atoms with E-state index >= 15 is 0 Å². The van der Waals surface area contributed by atoms with Crippen LogP contribution in [0.1, 0.15) is 0 Å². The average molecular weight is 287 g/mol. The predicted molar refractivity (Wildman–Crippen MR) is 87.7 cm³/mol. The van der Waals surface area contributed by atoms with Crippen molar-refractivity contribution in [2.24, 2.45) is 0 Å². The third-order valence-corrected chi connectivity index (χ3v) is 4.84. The van der Waals surface area contributed by atoms with Gasteiger partial charge in [-0.3, -0.25) is 0 Å². The summed E-state index contributed by atoms with van der Waals surface area (Å²) in [4.78, 5) is 4.32. The molecule has 0 aliphatic heterocycles. The molecular formula is C14H22BN3OSi. The van der Waals surface area contributed by atoms with Crippen LogP contribution < -0.4 is 5.46 Å². The van der Waals surface area contributed by atoms with Crippen LogP contribution in [-0.2, 0) is 11.5 Å². The fourth-order valence-corrected chi connectivity index (χ4v) is 2.57. The molecule has 106 valence electrons. The number of hydrogen-bond donors (Lipinski definition) is 0. The van der Waals surface area contributed by atoms with Crippen LogP contribution in [0.5, 0.6) is 0 Å². The van der Waals surface area contributed by atoms with Gasteiger partial charge in [0.1, 0.15) is 20.9 Å². The second-order valence-electron chi connectivity index (χ2n) is 6.30. The van der Waals surface area contributed by atoms with E-state index in [4.69, 9.17) is 4.74 Å². The lowest BCUT2D eigenvalue weighted by Crippen LogP contribution is -2.22. The zero-order chi connectivity index (χ0) is 14.6. The van der Waals surface area contributed by atoms with Crippen LogP contribution >= 0.6 is 0 Å². The monoisotopic (exact) mass is 287 g/mol. The number of aromatic nitrogens is 3. The van der Waals surface area contributed by atoms with Gasteiger partial charge in [0.15, 0.2) is 5.82 Å². The second kappa shape index (κ2) is 6.37. The quantitative estimate of drug-likeness (QED) is 0.597. The summed E-state index contributed by atoms with van der Waals surface area (Å²) < 4.78 is 7.55. The van der Waals surface area contributed by atoms with Crippen LogP contribution in [0.4, 0.5) is 0 Å². The average Bonchev–Trinajstić information content (AvgIpc) is 2.83. The molecule has 0 atom stereocenters. The van der Waals surface area contributed by atoms with Gasteiger partial charge >= 0.3 is 0 Å². The minimum Gasteiger partial charge on any atom is -0.359 e. The maximum Gasteiger partial charge on any atom is 0.160 e. The number of ether oxygens (including phenoxy) is 1. The fraction of sp³-hybridized carbons (Fsp3) is 0.429. The van der Waals surface area contributed by atoms with Crippen molar-refractivity contribution in [2.45, 2.75) is 32.4 Å². The van der Waals surface area contributed by atoms with E-state index in [-0.39, 0.29) is 0 Å². The van der Waals surface area contributed by atoms with Gasteiger partial charge in [0.25, 0.3) is 0 Å². The van der Waals surface area contributed by atoms with Gasteiger partial charge in [-0.25, -0.2) is 9.67 Å². The Balaban J connectivity index is 1.97. The van der Waals surface area contributed by atoms with Crippen LogP contribution in [0.15, 0.2) is 30.6 Å². The van der Waals surface area contributed by atoms with E-state index < -0.39 is 8.07 Å². The van der Waals surface area contributed by atoms with Crippen molar-refractivity contribution < 1.29 is 4.74 Å². The van der Waals surface area contributed by atoms with Crippen LogP contribution in [-0.4, -0.2) is 37.3 Å². The predicted octanol–water partition coefficient (Wildman–Crippen LogP) is 1.52. The first-order valence-corrected chi connectivity index (χ1v) is 10.7. The second-order valence-corrected chi connectivity index (χ2v) is 11.9. The third-order valence-electron chi connectivity index (χ3n) is 3.14. The Morgan fingerprint density at radius 2 is 1.90 bits per heavy atom. The molecular weight excluding hydrogens is 265 g/mol. The highest BCUT2D eigenvalue weighted by molar-refractivity contribution is 6.76. The molecule has 0 fully saturated rings. The van der Waals surface area contributed by atoms with Gasteiger partial charge in [0, 0.05) is 20.2 Å². The Morgan fingerprint density at radius 1 is 1.20 bits per heavy atom. The molecule has 1 aromatic heterocycles. The standard InChI is InChI=1S/C14H22BN3OSi/c1-20(2,3)9-8-19-11-18-14(16-10-17-18)12-4-6-13(15)7-5-12/h4-7,10H,8-9,11,15H2,1-3H3. The summed E-state index contributed by atoms with van der Waals surface area (Å²) in [5, 5.41) is 4.24. The lowest BCUT2D eigenvalue weighted by Gasteiger charge is -2.15. The van der Waals surface area contributed by atoms with Crippen molar-refractivity contribution >= 4 is 21.4 Å². The highest BCUT2D eigenvalue weighted by Crippen LogP contribution is 2.15. The first-order valence-electron chi connectivity index (χ1n) is 6.98. The lowest BCUT2D eigenvalue weighted by atomic mass is 9.95. The number of benzene rings is 1. The molecule has 20 heavy (non-hydrogen) atoms. The largest absolute Gasteiger partial charge is 0.359 e. The minimum absolute atomic E-state index is 0.466. The smallest absolute Gasteiger partial charge is 0.160 e. The van der Waals surface area contributed by atoms with Crippen molar-refractivity contribution in [2.75, 3.05) is 6.61 Å². The van der Waals surface area contributed by atoms with Crippen LogP contribution in [0.2, 0.25) is 25.7 Å². The normalized spacial score (nSPS) is 11.8. The molecule has 0 amide bonds. The summed E-state index contributed by atoms with van der Waals surface area (Å²) in [7, 11) is 1.04. The number of hydrogen-bond acceptors (Lipinski definition) is 3. The molecule has 1 aromatic carbocycles. The highest BCUT2D eigenvalue weighted by atomic mass is 28.3. The first kappa shape index (κ1) is 15.0. The Morgan fingerprint density at radius 3 is 2.55 bits per heavy atom. The molecule has 0 unspecified atom stereocenters. The van der Waals surface area contributed by atoms with Gasteiger partial charge in [-0.05, 0) is 6.04 Å². The molecule has 0 aliphatic carbocycles. The Kier molecular flexibility index (Phi) is 4.78. The van der Waals surface area contributed by atoms with Crippen molar-refractivity contribution in [3.63, 3.8) is 0 Å². The molecule has 0 N–H and O–H groups in total. The van der Waals surface area contributed by atoms with E-state index in [1.807, 2.05) is 4.68 Å². The van der Waals surface area contributed by atoms with Gasteiger partial charge in [-0.15, -0.1) is 0 Å². The summed E-state index contributed by atoms with van der Waals surface area (Å²) in [6.07, 6.45) is 1.58. The summed E-state index contributed by atoms with van der Waals surface area (Å²) in [5.74, 6) is 0.859. The minimum atomic E-state index is -1.03. The topological polar surface area (TPSA) is 39.9 Å². The van der Waals surface area contributed by atoms with Gasteiger partial charge in [0.2, 0.25) is 0 Å². The maximum absolute atomic E-state index is 5.74. The van der Waals surface area contributed by atoms with Gasteiger partial charge in [-0.2, -0.15) is 5.10 Å². The van der Waals surface area contributed by atoms with Gasteiger partial charge in [0.05, 0.1) is 0 Å². The summed E-state index contributed by atoms with van der Waals surface area (Å²) in [5.41, 5.74) is 2.31. The Bertz CT molecular complexity index is 548. The van der Waals surface area contributed by atoms with Gasteiger partial charge in [-0.1, -0.05) is 49.4 Å². The van der Waals surface area contributed by atoms with Gasteiger partial charge < -0.3 is 4.74 Å². The summed E-state index contributed by atoms with van der Waals surface area (Å²) in [6.45, 7) is 8.31. The third kappa shape index (κ3) is 4.32. The molecule has 4 nitrogen and oxygen atoms in total. The molecule has 1 heterocycles. The van der Waals surface area contributed by atoms with E-state index in [9.17, 15) is 0 Å². The zero-order valence-electron chi connectivity index (χ0n) is 12.8. The Labute approximate surface area is 122 Å². The van der Waals surface area contributed by atoms with Crippen molar-refractivity contribution in [3.8, 4) is 11.4 Å². The van der Waals surface area contributed by atoms with Crippen LogP contribution in [0.3, 0.4) is 0 Å². The fourth-order valence-electron chi connectivity index (χ4n) is 1.81. The SMILES string of the molecule is Bc1ccc(-c2ncnn2COCC[Si](C)(C)C)cc1. The Hall–Kier alpha value is -1.40. The molecule has 0 saturated heterocycles. The highest BCUT2D eigenvalue weighted by Gasteiger charge is 2.12. The lowest BCUT2D eigenvalue weighted by molar-refractivity contribution is 0.0796. The van der Waals surface area contributed by atoms with E-state index in [1.165, 1.54) is 11.5 Å². The maximum atomic E-state index is 5.74. The van der Waals surface area contributed by atoms with Crippen molar-refractivity contribution in [1.29, 1.82) is 0 Å².